The molecule has 0 fully saturated rings. The van der Waals surface area contributed by atoms with Crippen LogP contribution in [0.1, 0.15) is 51.0 Å². The molecular weight excluding hydrogens is 232 g/mol. The molecule has 0 amide bonds. The molecule has 2 nitrogen and oxygen atoms in total. The summed E-state index contributed by atoms with van der Waals surface area (Å²) in [5, 5.41) is 3.51. The van der Waals surface area contributed by atoms with Crippen molar-refractivity contribution in [2.75, 3.05) is 24.5 Å². The molecule has 2 rings (SSSR count). The first kappa shape index (κ1) is 14.4. The van der Waals surface area contributed by atoms with Crippen LogP contribution < -0.4 is 10.2 Å². The van der Waals surface area contributed by atoms with Crippen LogP contribution in [-0.2, 0) is 6.54 Å². The number of anilines is 1. The van der Waals surface area contributed by atoms with Crippen molar-refractivity contribution in [1.82, 2.24) is 5.32 Å². The van der Waals surface area contributed by atoms with Gasteiger partial charge >= 0.3 is 0 Å². The largest absolute Gasteiger partial charge is 0.370 e. The van der Waals surface area contributed by atoms with Crippen LogP contribution in [0, 0.1) is 0 Å². The molecule has 0 bridgehead atoms. The third kappa shape index (κ3) is 4.54. The summed E-state index contributed by atoms with van der Waals surface area (Å²) in [5.74, 6) is 0. The van der Waals surface area contributed by atoms with E-state index in [0.717, 1.165) is 19.6 Å². The predicted molar refractivity (Wildman–Crippen MR) is 83.7 cm³/mol. The van der Waals surface area contributed by atoms with Gasteiger partial charge in [-0.25, -0.2) is 0 Å². The molecular formula is C17H28N2. The lowest BCUT2D eigenvalue weighted by atomic mass is 10.1. The molecule has 0 unspecified atom stereocenters. The zero-order valence-corrected chi connectivity index (χ0v) is 12.3. The lowest BCUT2D eigenvalue weighted by Gasteiger charge is -2.24. The molecule has 0 saturated carbocycles. The lowest BCUT2D eigenvalue weighted by Crippen LogP contribution is -2.29. The molecule has 0 radical (unpaired) electrons. The molecule has 1 aliphatic rings. The number of fused-ring (bicyclic) bond motifs is 1. The Kier molecular flexibility index (Phi) is 6.22. The van der Waals surface area contributed by atoms with Gasteiger partial charge in [0.15, 0.2) is 0 Å². The molecule has 2 heteroatoms. The molecule has 0 spiro atoms. The first-order valence-corrected chi connectivity index (χ1v) is 7.95. The fourth-order valence-corrected chi connectivity index (χ4v) is 2.84. The van der Waals surface area contributed by atoms with Gasteiger partial charge in [-0.2, -0.15) is 0 Å². The van der Waals surface area contributed by atoms with Gasteiger partial charge in [-0.3, -0.25) is 0 Å². The predicted octanol–water partition coefficient (Wildman–Crippen LogP) is 3.96. The van der Waals surface area contributed by atoms with Gasteiger partial charge in [-0.15, -0.1) is 0 Å². The normalized spacial score (nSPS) is 15.1. The van der Waals surface area contributed by atoms with E-state index in [9.17, 15) is 0 Å². The quantitative estimate of drug-likeness (QED) is 0.747. The Morgan fingerprint density at radius 2 is 1.84 bits per heavy atom. The maximum absolute atomic E-state index is 3.51. The summed E-state index contributed by atoms with van der Waals surface area (Å²) in [6.07, 6.45) is 8.27. The average molecular weight is 260 g/mol. The Morgan fingerprint density at radius 3 is 2.74 bits per heavy atom. The van der Waals surface area contributed by atoms with E-state index in [2.05, 4.69) is 41.4 Å². The summed E-state index contributed by atoms with van der Waals surface area (Å²) in [6, 6.07) is 8.84. The molecule has 1 aliphatic heterocycles. The second-order valence-corrected chi connectivity index (χ2v) is 5.56. The van der Waals surface area contributed by atoms with E-state index in [-0.39, 0.29) is 0 Å². The number of nitrogens with zero attached hydrogens (tertiary/aromatic N) is 1. The molecule has 0 saturated heterocycles. The van der Waals surface area contributed by atoms with Gasteiger partial charge in [-0.05, 0) is 18.1 Å². The van der Waals surface area contributed by atoms with Crippen LogP contribution in [0.3, 0.4) is 0 Å². The summed E-state index contributed by atoms with van der Waals surface area (Å²) in [5.41, 5.74) is 2.90. The number of unbranched alkanes of at least 4 members (excludes halogenated alkanes) is 5. The summed E-state index contributed by atoms with van der Waals surface area (Å²) in [6.45, 7) is 6.76. The molecule has 1 aromatic rings. The molecule has 1 aromatic carbocycles. The van der Waals surface area contributed by atoms with Gasteiger partial charge in [0.2, 0.25) is 0 Å². The van der Waals surface area contributed by atoms with Gasteiger partial charge in [0.25, 0.3) is 0 Å². The topological polar surface area (TPSA) is 15.3 Å². The van der Waals surface area contributed by atoms with Gasteiger partial charge in [0.1, 0.15) is 0 Å². The third-order valence-corrected chi connectivity index (χ3v) is 3.99. The first-order valence-electron chi connectivity index (χ1n) is 7.95. The van der Waals surface area contributed by atoms with Gasteiger partial charge in [0, 0.05) is 31.9 Å². The highest BCUT2D eigenvalue weighted by Gasteiger charge is 2.13. The maximum atomic E-state index is 3.51. The van der Waals surface area contributed by atoms with E-state index < -0.39 is 0 Å². The Bertz CT molecular complexity index is 362. The number of rotatable bonds is 7. The van der Waals surface area contributed by atoms with Crippen molar-refractivity contribution in [3.63, 3.8) is 0 Å². The Balaban J connectivity index is 1.79. The number of benzene rings is 1. The van der Waals surface area contributed by atoms with Gasteiger partial charge < -0.3 is 10.2 Å². The maximum Gasteiger partial charge on any atom is 0.0412 e. The number of nitrogens with one attached hydrogen (secondary N) is 1. The minimum absolute atomic E-state index is 1.02. The Labute approximate surface area is 118 Å². The molecule has 1 heterocycles. The highest BCUT2D eigenvalue weighted by Crippen LogP contribution is 2.22. The molecule has 0 aliphatic carbocycles. The van der Waals surface area contributed by atoms with Crippen molar-refractivity contribution >= 4 is 5.69 Å². The highest BCUT2D eigenvalue weighted by atomic mass is 15.2. The minimum Gasteiger partial charge on any atom is -0.370 e. The van der Waals surface area contributed by atoms with Crippen LogP contribution in [-0.4, -0.2) is 19.6 Å². The van der Waals surface area contributed by atoms with Crippen molar-refractivity contribution in [3.8, 4) is 0 Å². The standard InChI is InChI=1S/C17H28N2/c1-2-3-4-5-6-9-13-19-14-12-18-15-16-10-7-8-11-17(16)19/h7-8,10-11,18H,2-6,9,12-15H2,1H3. The average Bonchev–Trinajstić information content (AvgIpc) is 2.65. The summed E-state index contributed by atoms with van der Waals surface area (Å²) >= 11 is 0. The summed E-state index contributed by atoms with van der Waals surface area (Å²) in [4.78, 5) is 2.56. The van der Waals surface area contributed by atoms with Crippen LogP contribution in [0.15, 0.2) is 24.3 Å². The van der Waals surface area contributed by atoms with Gasteiger partial charge in [-0.1, -0.05) is 57.2 Å². The molecule has 19 heavy (non-hydrogen) atoms. The van der Waals surface area contributed by atoms with Crippen molar-refractivity contribution in [1.29, 1.82) is 0 Å². The third-order valence-electron chi connectivity index (χ3n) is 3.99. The van der Waals surface area contributed by atoms with E-state index in [1.54, 1.807) is 0 Å². The molecule has 0 atom stereocenters. The molecule has 0 aromatic heterocycles. The van der Waals surface area contributed by atoms with Crippen LogP contribution >= 0.6 is 0 Å². The van der Waals surface area contributed by atoms with E-state index in [1.807, 2.05) is 0 Å². The van der Waals surface area contributed by atoms with Crippen molar-refractivity contribution in [3.05, 3.63) is 29.8 Å². The summed E-state index contributed by atoms with van der Waals surface area (Å²) < 4.78 is 0. The van der Waals surface area contributed by atoms with Crippen molar-refractivity contribution in [2.24, 2.45) is 0 Å². The summed E-state index contributed by atoms with van der Waals surface area (Å²) in [7, 11) is 0. The second-order valence-electron chi connectivity index (χ2n) is 5.56. The molecule has 106 valence electrons. The monoisotopic (exact) mass is 260 g/mol. The zero-order valence-electron chi connectivity index (χ0n) is 12.3. The van der Waals surface area contributed by atoms with Crippen LogP contribution in [0.25, 0.3) is 0 Å². The SMILES string of the molecule is CCCCCCCCN1CCNCc2ccccc21. The van der Waals surface area contributed by atoms with Crippen LogP contribution in [0.5, 0.6) is 0 Å². The van der Waals surface area contributed by atoms with E-state index in [1.165, 1.54) is 56.3 Å². The Hall–Kier alpha value is -1.02. The molecule has 1 N–H and O–H groups in total. The Morgan fingerprint density at radius 1 is 1.05 bits per heavy atom. The minimum atomic E-state index is 1.02. The fraction of sp³-hybridized carbons (Fsp3) is 0.647. The highest BCUT2D eigenvalue weighted by molar-refractivity contribution is 5.54. The lowest BCUT2D eigenvalue weighted by molar-refractivity contribution is 0.595. The van der Waals surface area contributed by atoms with Gasteiger partial charge in [0.05, 0.1) is 0 Å². The van der Waals surface area contributed by atoms with E-state index in [0.29, 0.717) is 0 Å². The van der Waals surface area contributed by atoms with Crippen LogP contribution in [0.4, 0.5) is 5.69 Å². The number of hydrogen-bond donors (Lipinski definition) is 1. The van der Waals surface area contributed by atoms with Crippen molar-refractivity contribution < 1.29 is 0 Å². The zero-order chi connectivity index (χ0) is 13.3. The second kappa shape index (κ2) is 8.21. The van der Waals surface area contributed by atoms with E-state index in [4.69, 9.17) is 0 Å². The van der Waals surface area contributed by atoms with Crippen molar-refractivity contribution in [2.45, 2.75) is 52.0 Å². The van der Waals surface area contributed by atoms with Crippen LogP contribution in [0.2, 0.25) is 0 Å². The number of para-hydroxylation sites is 1. The fourth-order valence-electron chi connectivity index (χ4n) is 2.84. The van der Waals surface area contributed by atoms with E-state index >= 15 is 0 Å². The number of hydrogen-bond acceptors (Lipinski definition) is 2. The first-order chi connectivity index (χ1) is 9.42. The smallest absolute Gasteiger partial charge is 0.0412 e.